The molecule has 80 valence electrons. The molecule has 0 aliphatic carbocycles. The number of carboxylic acid groups (broad SMARTS) is 1. The third kappa shape index (κ3) is 1.72. The highest BCUT2D eigenvalue weighted by atomic mass is 16.4. The van der Waals surface area contributed by atoms with Gasteiger partial charge in [-0.15, -0.1) is 0 Å². The van der Waals surface area contributed by atoms with Crippen molar-refractivity contribution in [2.24, 2.45) is 5.41 Å². The average Bonchev–Trinajstić information content (AvgIpc) is 2.09. The Kier molecular flexibility index (Phi) is 2.80. The van der Waals surface area contributed by atoms with Crippen LogP contribution in [0.3, 0.4) is 0 Å². The standard InChI is InChI=1S/C9H15NO4/c1-6(11)10-4-3-7(12)9(2,5-10)8(13)14/h7,12H,3-5H2,1-2H3,(H,13,14). The van der Waals surface area contributed by atoms with Gasteiger partial charge in [0, 0.05) is 20.0 Å². The van der Waals surface area contributed by atoms with Crippen LogP contribution in [0.2, 0.25) is 0 Å². The number of hydrogen-bond donors (Lipinski definition) is 2. The summed E-state index contributed by atoms with van der Waals surface area (Å²) in [6, 6.07) is 0. The molecule has 0 aromatic rings. The third-order valence-corrected chi connectivity index (χ3v) is 2.86. The predicted molar refractivity (Wildman–Crippen MR) is 48.6 cm³/mol. The summed E-state index contributed by atoms with van der Waals surface area (Å²) in [5, 5.41) is 18.5. The van der Waals surface area contributed by atoms with Crippen molar-refractivity contribution < 1.29 is 19.8 Å². The quantitative estimate of drug-likeness (QED) is 0.610. The van der Waals surface area contributed by atoms with Crippen molar-refractivity contribution >= 4 is 11.9 Å². The highest BCUT2D eigenvalue weighted by Gasteiger charge is 2.45. The van der Waals surface area contributed by atoms with Gasteiger partial charge in [-0.25, -0.2) is 0 Å². The molecule has 1 aliphatic rings. The number of carboxylic acids is 1. The molecule has 14 heavy (non-hydrogen) atoms. The molecule has 2 unspecified atom stereocenters. The van der Waals surface area contributed by atoms with Crippen LogP contribution in [0, 0.1) is 5.41 Å². The molecule has 1 fully saturated rings. The molecule has 0 aromatic heterocycles. The fourth-order valence-electron chi connectivity index (χ4n) is 1.66. The van der Waals surface area contributed by atoms with Crippen LogP contribution >= 0.6 is 0 Å². The monoisotopic (exact) mass is 201 g/mol. The zero-order valence-electron chi connectivity index (χ0n) is 8.36. The Balaban J connectivity index is 2.83. The molecule has 0 bridgehead atoms. The fourth-order valence-corrected chi connectivity index (χ4v) is 1.66. The van der Waals surface area contributed by atoms with E-state index in [1.54, 1.807) is 0 Å². The molecule has 5 nitrogen and oxygen atoms in total. The lowest BCUT2D eigenvalue weighted by molar-refractivity contribution is -0.163. The van der Waals surface area contributed by atoms with Gasteiger partial charge in [0.15, 0.2) is 0 Å². The predicted octanol–water partition coefficient (Wildman–Crippen LogP) is -0.310. The summed E-state index contributed by atoms with van der Waals surface area (Å²) in [6.45, 7) is 3.38. The SMILES string of the molecule is CC(=O)N1CCC(O)C(C)(C(=O)O)C1. The molecule has 0 spiro atoms. The van der Waals surface area contributed by atoms with E-state index in [-0.39, 0.29) is 12.5 Å². The summed E-state index contributed by atoms with van der Waals surface area (Å²) in [4.78, 5) is 23.5. The number of aliphatic hydroxyl groups excluding tert-OH is 1. The van der Waals surface area contributed by atoms with Gasteiger partial charge in [-0.1, -0.05) is 0 Å². The first-order chi connectivity index (χ1) is 6.38. The van der Waals surface area contributed by atoms with Crippen LogP contribution in [-0.2, 0) is 9.59 Å². The Morgan fingerprint density at radius 1 is 1.50 bits per heavy atom. The van der Waals surface area contributed by atoms with E-state index < -0.39 is 17.5 Å². The van der Waals surface area contributed by atoms with Crippen LogP contribution in [0.4, 0.5) is 0 Å². The van der Waals surface area contributed by atoms with Crippen LogP contribution in [0.1, 0.15) is 20.3 Å². The van der Waals surface area contributed by atoms with Crippen molar-refractivity contribution in [3.8, 4) is 0 Å². The minimum Gasteiger partial charge on any atom is -0.481 e. The molecule has 5 heteroatoms. The number of hydrogen-bond acceptors (Lipinski definition) is 3. The average molecular weight is 201 g/mol. The van der Waals surface area contributed by atoms with Crippen molar-refractivity contribution in [3.05, 3.63) is 0 Å². The number of carbonyl (C=O) groups is 2. The first-order valence-electron chi connectivity index (χ1n) is 4.55. The smallest absolute Gasteiger partial charge is 0.313 e. The summed E-state index contributed by atoms with van der Waals surface area (Å²) in [5.41, 5.74) is -1.23. The van der Waals surface area contributed by atoms with E-state index in [9.17, 15) is 14.7 Å². The maximum Gasteiger partial charge on any atom is 0.313 e. The van der Waals surface area contributed by atoms with E-state index in [0.29, 0.717) is 13.0 Å². The Bertz CT molecular complexity index is 266. The Morgan fingerprint density at radius 3 is 2.50 bits per heavy atom. The van der Waals surface area contributed by atoms with Crippen LogP contribution in [0.15, 0.2) is 0 Å². The minimum atomic E-state index is -1.23. The molecular formula is C9H15NO4. The summed E-state index contributed by atoms with van der Waals surface area (Å²) < 4.78 is 0. The number of nitrogens with zero attached hydrogens (tertiary/aromatic N) is 1. The number of carbonyl (C=O) groups excluding carboxylic acids is 1. The summed E-state index contributed by atoms with van der Waals surface area (Å²) in [6.07, 6.45) is -0.557. The lowest BCUT2D eigenvalue weighted by atomic mass is 9.79. The van der Waals surface area contributed by atoms with Gasteiger partial charge in [-0.3, -0.25) is 9.59 Å². The topological polar surface area (TPSA) is 77.8 Å². The van der Waals surface area contributed by atoms with Gasteiger partial charge in [0.25, 0.3) is 0 Å². The normalized spacial score (nSPS) is 32.8. The van der Waals surface area contributed by atoms with Gasteiger partial charge in [0.2, 0.25) is 5.91 Å². The molecule has 1 saturated heterocycles. The van der Waals surface area contributed by atoms with Crippen LogP contribution in [0.25, 0.3) is 0 Å². The van der Waals surface area contributed by atoms with E-state index in [1.807, 2.05) is 0 Å². The summed E-state index contributed by atoms with van der Waals surface area (Å²) >= 11 is 0. The first kappa shape index (κ1) is 11.0. The molecule has 0 aromatic carbocycles. The Morgan fingerprint density at radius 2 is 2.07 bits per heavy atom. The molecule has 0 saturated carbocycles. The van der Waals surface area contributed by atoms with Gasteiger partial charge in [-0.05, 0) is 13.3 Å². The number of aliphatic carboxylic acids is 1. The highest BCUT2D eigenvalue weighted by molar-refractivity contribution is 5.78. The van der Waals surface area contributed by atoms with E-state index in [1.165, 1.54) is 18.7 Å². The van der Waals surface area contributed by atoms with Gasteiger partial charge in [0.1, 0.15) is 5.41 Å². The molecule has 2 N–H and O–H groups in total. The lowest BCUT2D eigenvalue weighted by Crippen LogP contribution is -2.55. The second-order valence-corrected chi connectivity index (χ2v) is 3.97. The third-order valence-electron chi connectivity index (χ3n) is 2.86. The molecule has 1 heterocycles. The van der Waals surface area contributed by atoms with Gasteiger partial charge in [-0.2, -0.15) is 0 Å². The second-order valence-electron chi connectivity index (χ2n) is 3.97. The van der Waals surface area contributed by atoms with Gasteiger partial charge in [0.05, 0.1) is 6.10 Å². The number of likely N-dealkylation sites (tertiary alicyclic amines) is 1. The summed E-state index contributed by atoms with van der Waals surface area (Å²) in [7, 11) is 0. The zero-order valence-corrected chi connectivity index (χ0v) is 8.36. The van der Waals surface area contributed by atoms with E-state index in [4.69, 9.17) is 5.11 Å². The molecule has 1 rings (SSSR count). The van der Waals surface area contributed by atoms with Crippen LogP contribution in [0.5, 0.6) is 0 Å². The van der Waals surface area contributed by atoms with Crippen molar-refractivity contribution in [3.63, 3.8) is 0 Å². The maximum atomic E-state index is 11.1. The maximum absolute atomic E-state index is 11.1. The van der Waals surface area contributed by atoms with E-state index in [0.717, 1.165) is 0 Å². The highest BCUT2D eigenvalue weighted by Crippen LogP contribution is 2.30. The molecular weight excluding hydrogens is 186 g/mol. The lowest BCUT2D eigenvalue weighted by Gasteiger charge is -2.40. The number of aliphatic hydroxyl groups is 1. The summed E-state index contributed by atoms with van der Waals surface area (Å²) in [5.74, 6) is -1.21. The van der Waals surface area contributed by atoms with E-state index in [2.05, 4.69) is 0 Å². The number of rotatable bonds is 1. The van der Waals surface area contributed by atoms with Crippen molar-refractivity contribution in [1.82, 2.24) is 4.90 Å². The second kappa shape index (κ2) is 3.57. The first-order valence-corrected chi connectivity index (χ1v) is 4.55. The fraction of sp³-hybridized carbons (Fsp3) is 0.778. The molecule has 0 radical (unpaired) electrons. The Hall–Kier alpha value is -1.10. The zero-order chi connectivity index (χ0) is 10.9. The van der Waals surface area contributed by atoms with Gasteiger partial charge < -0.3 is 15.1 Å². The van der Waals surface area contributed by atoms with Crippen molar-refractivity contribution in [1.29, 1.82) is 0 Å². The van der Waals surface area contributed by atoms with Crippen molar-refractivity contribution in [2.75, 3.05) is 13.1 Å². The molecule has 1 aliphatic heterocycles. The molecule has 1 amide bonds. The van der Waals surface area contributed by atoms with Crippen molar-refractivity contribution in [2.45, 2.75) is 26.4 Å². The number of amides is 1. The Labute approximate surface area is 82.3 Å². The minimum absolute atomic E-state index is 0.0822. The number of piperidine rings is 1. The van der Waals surface area contributed by atoms with Gasteiger partial charge >= 0.3 is 5.97 Å². The van der Waals surface area contributed by atoms with Crippen LogP contribution in [-0.4, -0.2) is 46.2 Å². The van der Waals surface area contributed by atoms with E-state index >= 15 is 0 Å². The molecule has 2 atom stereocenters. The largest absolute Gasteiger partial charge is 0.481 e. The van der Waals surface area contributed by atoms with Crippen LogP contribution < -0.4 is 0 Å².